The Morgan fingerprint density at radius 1 is 1.16 bits per heavy atom. The van der Waals surface area contributed by atoms with Crippen molar-refractivity contribution in [3.8, 4) is 11.5 Å². The number of nitrogens with zero attached hydrogens (tertiary/aromatic N) is 1. The van der Waals surface area contributed by atoms with Crippen LogP contribution in [0.4, 0.5) is 0 Å². The minimum absolute atomic E-state index is 0.101. The third-order valence-electron chi connectivity index (χ3n) is 8.66. The molecular weight excluding hydrogens is 568 g/mol. The number of esters is 2. The van der Waals surface area contributed by atoms with E-state index in [1.807, 2.05) is 12.2 Å². The van der Waals surface area contributed by atoms with Gasteiger partial charge in [-0.05, 0) is 44.7 Å². The number of rotatable bonds is 6. The van der Waals surface area contributed by atoms with Crippen LogP contribution >= 0.6 is 0 Å². The zero-order chi connectivity index (χ0) is 31.4. The lowest BCUT2D eigenvalue weighted by Gasteiger charge is -2.28. The van der Waals surface area contributed by atoms with Crippen LogP contribution < -0.4 is 25.5 Å². The van der Waals surface area contributed by atoms with Crippen LogP contribution in [-0.2, 0) is 23.9 Å². The van der Waals surface area contributed by atoms with Gasteiger partial charge in [0.2, 0.25) is 17.3 Å². The molecule has 1 unspecified atom stereocenters. The summed E-state index contributed by atoms with van der Waals surface area (Å²) in [5, 5.41) is 3.62. The van der Waals surface area contributed by atoms with Gasteiger partial charge in [0, 0.05) is 12.3 Å². The molecule has 5 atom stereocenters. The summed E-state index contributed by atoms with van der Waals surface area (Å²) in [7, 11) is 2.83. The highest BCUT2D eigenvalue weighted by Gasteiger charge is 2.62. The minimum Gasteiger partial charge on any atom is -0.497 e. The van der Waals surface area contributed by atoms with E-state index >= 15 is 0 Å². The normalized spacial score (nSPS) is 27.3. The number of amides is 2. The zero-order valence-electron chi connectivity index (χ0n) is 25.4. The lowest BCUT2D eigenvalue weighted by atomic mass is 10.1. The van der Waals surface area contributed by atoms with E-state index in [9.17, 15) is 19.2 Å². The standard InChI is InChI=1S/C32H40N4O8/c1-4-43-31(40)32-17-19(32)10-8-6-5-7-9-11-23(33)29(38)36-18-21(15-26(36)28(37)35-32)44-27-16-25(30(39)42-3)34-24-14-20(41-2)12-13-22(24)27/h8,10,12-14,16,19,21,23,26H,4-7,9,11,15,17-18,33H2,1-3H3,(H,35,37)/p+1/t19?,21-,23+,26+,32-/m1/s1. The largest absolute Gasteiger partial charge is 0.497 e. The van der Waals surface area contributed by atoms with Gasteiger partial charge in [0.1, 0.15) is 29.2 Å². The van der Waals surface area contributed by atoms with E-state index in [0.29, 0.717) is 35.2 Å². The maximum atomic E-state index is 13.9. The first-order valence-corrected chi connectivity index (χ1v) is 15.2. The number of nitrogens with one attached hydrogen (secondary N) is 2. The van der Waals surface area contributed by atoms with Crippen LogP contribution in [0.5, 0.6) is 11.5 Å². The Morgan fingerprint density at radius 2 is 1.98 bits per heavy atom. The van der Waals surface area contributed by atoms with Crippen molar-refractivity contribution in [3.05, 3.63) is 42.1 Å². The van der Waals surface area contributed by atoms with Crippen LogP contribution in [0, 0.1) is 5.92 Å². The Hall–Kier alpha value is -4.19. The number of hydrogen-bond donors (Lipinski definition) is 2. The Bertz CT molecular complexity index is 1460. The second kappa shape index (κ2) is 13.2. The monoisotopic (exact) mass is 609 g/mol. The van der Waals surface area contributed by atoms with Gasteiger partial charge in [0.15, 0.2) is 0 Å². The summed E-state index contributed by atoms with van der Waals surface area (Å²) < 4.78 is 22.0. The molecule has 236 valence electrons. The Balaban J connectivity index is 1.46. The van der Waals surface area contributed by atoms with Crippen molar-refractivity contribution >= 4 is 34.7 Å². The lowest BCUT2D eigenvalue weighted by molar-refractivity contribution is -0.351. The number of carbonyl (C=O) groups excluding carboxylic acids is 4. The topological polar surface area (TPSA) is 161 Å². The number of aromatic nitrogens is 1. The Morgan fingerprint density at radius 3 is 2.73 bits per heavy atom. The summed E-state index contributed by atoms with van der Waals surface area (Å²) in [6, 6.07) is 5.15. The maximum Gasteiger partial charge on any atom is 0.403 e. The van der Waals surface area contributed by atoms with E-state index in [4.69, 9.17) is 24.7 Å². The predicted molar refractivity (Wildman–Crippen MR) is 159 cm³/mol. The molecule has 0 spiro atoms. The molecule has 1 saturated heterocycles. The van der Waals surface area contributed by atoms with E-state index in [0.717, 1.165) is 25.7 Å². The summed E-state index contributed by atoms with van der Waals surface area (Å²) in [5.74, 6) is -1.09. The highest BCUT2D eigenvalue weighted by Crippen LogP contribution is 2.46. The van der Waals surface area contributed by atoms with Crippen LogP contribution in [0.2, 0.25) is 0 Å². The van der Waals surface area contributed by atoms with Crippen molar-refractivity contribution in [2.24, 2.45) is 11.7 Å². The highest BCUT2D eigenvalue weighted by atomic mass is 16.5. The summed E-state index contributed by atoms with van der Waals surface area (Å²) in [6.07, 6.45) is 8.00. The van der Waals surface area contributed by atoms with Gasteiger partial charge in [0.25, 0.3) is 5.69 Å². The van der Waals surface area contributed by atoms with Gasteiger partial charge in [-0.25, -0.2) is 9.59 Å². The molecule has 3 heterocycles. The van der Waals surface area contributed by atoms with Crippen molar-refractivity contribution in [1.29, 1.82) is 0 Å². The smallest absolute Gasteiger partial charge is 0.403 e. The van der Waals surface area contributed by atoms with Crippen LogP contribution in [0.25, 0.3) is 10.9 Å². The van der Waals surface area contributed by atoms with Gasteiger partial charge in [-0.15, -0.1) is 0 Å². The van der Waals surface area contributed by atoms with Crippen molar-refractivity contribution in [1.82, 2.24) is 10.2 Å². The highest BCUT2D eigenvalue weighted by molar-refractivity contribution is 5.96. The molecule has 1 aromatic heterocycles. The SMILES string of the molecule is CCOC(=O)[C@@]12CC1C=CCCCCC[C@H](N)C(=O)N1C[C@H](Oc3cc(C(=O)OC)[nH+]c4cc(OC)ccc34)C[C@H]1C(=O)N2. The van der Waals surface area contributed by atoms with Gasteiger partial charge in [-0.1, -0.05) is 25.0 Å². The first-order valence-electron chi connectivity index (χ1n) is 15.2. The molecule has 5 rings (SSSR count). The number of benzene rings is 1. The zero-order valence-corrected chi connectivity index (χ0v) is 25.4. The van der Waals surface area contributed by atoms with Crippen LogP contribution in [0.1, 0.15) is 62.4 Å². The predicted octanol–water partition coefficient (Wildman–Crippen LogP) is 2.08. The average Bonchev–Trinajstić information content (AvgIpc) is 3.55. The quantitative estimate of drug-likeness (QED) is 0.369. The lowest BCUT2D eigenvalue weighted by Crippen LogP contribution is -2.55. The molecule has 1 saturated carbocycles. The molecule has 4 N–H and O–H groups in total. The maximum absolute atomic E-state index is 13.9. The molecule has 12 heteroatoms. The number of ether oxygens (including phenoxy) is 4. The van der Waals surface area contributed by atoms with Gasteiger partial charge in [-0.2, -0.15) is 4.98 Å². The van der Waals surface area contributed by atoms with Gasteiger partial charge < -0.3 is 34.9 Å². The number of allylic oxidation sites excluding steroid dienone is 1. The second-order valence-corrected chi connectivity index (χ2v) is 11.6. The van der Waals surface area contributed by atoms with E-state index in [-0.39, 0.29) is 37.1 Å². The fourth-order valence-electron chi connectivity index (χ4n) is 6.14. The number of pyridine rings is 1. The number of H-pyrrole nitrogens is 1. The molecule has 1 aliphatic carbocycles. The van der Waals surface area contributed by atoms with Gasteiger partial charge in [0.05, 0.1) is 50.9 Å². The van der Waals surface area contributed by atoms with Gasteiger partial charge >= 0.3 is 11.9 Å². The number of methoxy groups -OCH3 is 2. The second-order valence-electron chi connectivity index (χ2n) is 11.6. The van der Waals surface area contributed by atoms with Crippen molar-refractivity contribution in [2.75, 3.05) is 27.4 Å². The first kappa shape index (κ1) is 31.2. The molecule has 2 aliphatic heterocycles. The average molecular weight is 610 g/mol. The summed E-state index contributed by atoms with van der Waals surface area (Å²) >= 11 is 0. The number of fused-ring (bicyclic) bond motifs is 3. The molecule has 2 fully saturated rings. The van der Waals surface area contributed by atoms with E-state index in [1.165, 1.54) is 12.0 Å². The minimum atomic E-state index is -1.17. The molecule has 12 nitrogen and oxygen atoms in total. The molecule has 2 amide bonds. The molecule has 0 bridgehead atoms. The molecule has 0 radical (unpaired) electrons. The van der Waals surface area contributed by atoms with Crippen LogP contribution in [0.3, 0.4) is 0 Å². The summed E-state index contributed by atoms with van der Waals surface area (Å²) in [5.41, 5.74) is 5.93. The van der Waals surface area contributed by atoms with Crippen molar-refractivity contribution in [3.63, 3.8) is 0 Å². The van der Waals surface area contributed by atoms with E-state index in [1.54, 1.807) is 38.3 Å². The summed E-state index contributed by atoms with van der Waals surface area (Å²) in [6.45, 7) is 2.02. The molecule has 2 aromatic rings. The fourth-order valence-corrected chi connectivity index (χ4v) is 6.14. The van der Waals surface area contributed by atoms with Crippen LogP contribution in [0.15, 0.2) is 36.4 Å². The molecular formula is C32H41N4O8+. The summed E-state index contributed by atoms with van der Waals surface area (Å²) in [4.78, 5) is 57.6. The molecule has 44 heavy (non-hydrogen) atoms. The van der Waals surface area contributed by atoms with E-state index in [2.05, 4.69) is 10.3 Å². The Labute approximate surface area is 256 Å². The molecule has 1 aromatic carbocycles. The van der Waals surface area contributed by atoms with Crippen LogP contribution in [-0.4, -0.2) is 79.8 Å². The first-order chi connectivity index (χ1) is 21.2. The third-order valence-corrected chi connectivity index (χ3v) is 8.66. The number of nitrogens with two attached hydrogens (primary N) is 1. The fraction of sp³-hybridized carbons (Fsp3) is 0.531. The third kappa shape index (κ3) is 6.35. The number of aromatic amines is 1. The van der Waals surface area contributed by atoms with Crippen molar-refractivity contribution < 1.29 is 43.1 Å². The van der Waals surface area contributed by atoms with E-state index < -0.39 is 41.6 Å². The molecule has 3 aliphatic rings. The Kier molecular flexibility index (Phi) is 9.38. The van der Waals surface area contributed by atoms with Gasteiger partial charge in [-0.3, -0.25) is 9.59 Å². The van der Waals surface area contributed by atoms with Crippen molar-refractivity contribution in [2.45, 2.75) is 75.6 Å². The number of carbonyl (C=O) groups is 4. The number of hydrogen-bond acceptors (Lipinski definition) is 9.